The van der Waals surface area contributed by atoms with Crippen LogP contribution < -0.4 is 21.5 Å². The zero-order chi connectivity index (χ0) is 24.7. The van der Waals surface area contributed by atoms with Gasteiger partial charge in [0.1, 0.15) is 16.7 Å². The van der Waals surface area contributed by atoms with Crippen LogP contribution in [0.2, 0.25) is 0 Å². The summed E-state index contributed by atoms with van der Waals surface area (Å²) < 4.78 is 9.13. The van der Waals surface area contributed by atoms with Gasteiger partial charge in [0, 0.05) is 13.1 Å². The molecule has 0 aliphatic heterocycles. The van der Waals surface area contributed by atoms with E-state index in [1.807, 2.05) is 49.4 Å². The van der Waals surface area contributed by atoms with E-state index in [-0.39, 0.29) is 28.7 Å². The second-order valence-electron chi connectivity index (χ2n) is 7.55. The number of nitrogens with one attached hydrogen (secondary N) is 1. The van der Waals surface area contributed by atoms with E-state index in [0.29, 0.717) is 18.7 Å². The molecule has 5 N–H and O–H groups in total. The van der Waals surface area contributed by atoms with Crippen LogP contribution in [0.1, 0.15) is 44.6 Å². The van der Waals surface area contributed by atoms with E-state index in [1.54, 1.807) is 19.2 Å². The molecule has 178 valence electrons. The fourth-order valence-corrected chi connectivity index (χ4v) is 4.22. The molecule has 0 radical (unpaired) electrons. The van der Waals surface area contributed by atoms with Crippen LogP contribution in [0.25, 0.3) is 0 Å². The molecule has 9 nitrogen and oxygen atoms in total. The Balaban J connectivity index is 1.90. The lowest BCUT2D eigenvalue weighted by atomic mass is 10.1. The number of nitrogen functional groups attached to an aromatic ring is 1. The number of benzene rings is 2. The third kappa shape index (κ3) is 5.70. The van der Waals surface area contributed by atoms with Crippen molar-refractivity contribution in [2.45, 2.75) is 32.5 Å². The minimum atomic E-state index is -0.817. The molecule has 0 spiro atoms. The number of ether oxygens (including phenoxy) is 1. The maximum absolute atomic E-state index is 13.6. The number of primary amides is 1. The number of nitrogens with zero attached hydrogens (tertiary/aromatic N) is 2. The molecule has 3 rings (SSSR count). The van der Waals surface area contributed by atoms with Gasteiger partial charge < -0.3 is 26.4 Å². The Hall–Kier alpha value is -3.92. The number of hydrogen-bond acceptors (Lipinski definition) is 7. The highest BCUT2D eigenvalue weighted by atomic mass is 32.1. The molecule has 0 saturated carbocycles. The normalized spacial score (nSPS) is 11.5. The maximum Gasteiger partial charge on any atom is 0.270 e. The van der Waals surface area contributed by atoms with E-state index < -0.39 is 17.9 Å². The van der Waals surface area contributed by atoms with Crippen molar-refractivity contribution < 1.29 is 19.1 Å². The Kier molecular flexibility index (Phi) is 8.20. The minimum Gasteiger partial charge on any atom is -0.497 e. The standard InChI is InChI=1S/C24H27N5O4S/c1-3-18(23(31)27-13-15-7-5-4-6-8-15)29(14-16-9-11-17(33-2)12-10-16)24(32)21-19(25)20(22(26)30)28-34-21/h4-12,18H,3,13-14,25H2,1-2H3,(H2,26,30)(H,27,31). The van der Waals surface area contributed by atoms with Crippen LogP contribution in [0.4, 0.5) is 5.69 Å². The van der Waals surface area contributed by atoms with Gasteiger partial charge in [0.05, 0.1) is 12.8 Å². The smallest absolute Gasteiger partial charge is 0.270 e. The Morgan fingerprint density at radius 2 is 1.76 bits per heavy atom. The molecule has 0 saturated heterocycles. The summed E-state index contributed by atoms with van der Waals surface area (Å²) in [6, 6.07) is 15.9. The predicted octanol–water partition coefficient (Wildman–Crippen LogP) is 2.57. The second kappa shape index (κ2) is 11.3. The van der Waals surface area contributed by atoms with Gasteiger partial charge >= 0.3 is 0 Å². The van der Waals surface area contributed by atoms with Crippen molar-refractivity contribution in [1.29, 1.82) is 0 Å². The van der Waals surface area contributed by atoms with Crippen molar-refractivity contribution in [1.82, 2.24) is 14.6 Å². The molecule has 1 aromatic heterocycles. The van der Waals surface area contributed by atoms with Crippen LogP contribution in [0.3, 0.4) is 0 Å². The average molecular weight is 482 g/mol. The molecule has 3 aromatic rings. The van der Waals surface area contributed by atoms with Gasteiger partial charge in [0.15, 0.2) is 5.69 Å². The number of carbonyl (C=O) groups excluding carboxylic acids is 3. The lowest BCUT2D eigenvalue weighted by Crippen LogP contribution is -2.48. The fourth-order valence-electron chi connectivity index (χ4n) is 3.46. The first-order valence-corrected chi connectivity index (χ1v) is 11.4. The van der Waals surface area contributed by atoms with Gasteiger partial charge in [-0.25, -0.2) is 0 Å². The number of hydrogen-bond donors (Lipinski definition) is 3. The van der Waals surface area contributed by atoms with Gasteiger partial charge in [-0.1, -0.05) is 49.4 Å². The average Bonchev–Trinajstić information content (AvgIpc) is 3.24. The van der Waals surface area contributed by atoms with Crippen LogP contribution in [-0.2, 0) is 17.9 Å². The van der Waals surface area contributed by atoms with Crippen molar-refractivity contribution in [3.05, 3.63) is 76.3 Å². The molecular formula is C24H27N5O4S. The summed E-state index contributed by atoms with van der Waals surface area (Å²) in [5.74, 6) is -0.944. The summed E-state index contributed by atoms with van der Waals surface area (Å²) >= 11 is 0.789. The molecule has 1 atom stereocenters. The zero-order valence-corrected chi connectivity index (χ0v) is 19.8. The van der Waals surface area contributed by atoms with Crippen LogP contribution in [0.5, 0.6) is 5.75 Å². The molecule has 10 heteroatoms. The number of methoxy groups -OCH3 is 1. The van der Waals surface area contributed by atoms with Crippen LogP contribution in [0, 0.1) is 0 Å². The third-order valence-corrected chi connectivity index (χ3v) is 6.15. The lowest BCUT2D eigenvalue weighted by Gasteiger charge is -2.30. The van der Waals surface area contributed by atoms with Gasteiger partial charge in [0.2, 0.25) is 5.91 Å². The van der Waals surface area contributed by atoms with Crippen molar-refractivity contribution in [3.63, 3.8) is 0 Å². The largest absolute Gasteiger partial charge is 0.497 e. The number of aromatic nitrogens is 1. The van der Waals surface area contributed by atoms with E-state index in [2.05, 4.69) is 9.69 Å². The summed E-state index contributed by atoms with van der Waals surface area (Å²) in [5.41, 5.74) is 12.8. The number of carbonyl (C=O) groups is 3. The summed E-state index contributed by atoms with van der Waals surface area (Å²) in [4.78, 5) is 39.8. The Morgan fingerprint density at radius 1 is 1.09 bits per heavy atom. The SMILES string of the molecule is CCC(C(=O)NCc1ccccc1)N(Cc1ccc(OC)cc1)C(=O)c1snc(C(N)=O)c1N. The number of rotatable bonds is 10. The van der Waals surface area contributed by atoms with Crippen molar-refractivity contribution in [2.75, 3.05) is 12.8 Å². The van der Waals surface area contributed by atoms with Gasteiger partial charge in [0.25, 0.3) is 11.8 Å². The lowest BCUT2D eigenvalue weighted by molar-refractivity contribution is -0.126. The quantitative estimate of drug-likeness (QED) is 0.406. The van der Waals surface area contributed by atoms with Crippen LogP contribution in [0.15, 0.2) is 54.6 Å². The van der Waals surface area contributed by atoms with E-state index in [4.69, 9.17) is 16.2 Å². The molecule has 1 heterocycles. The first-order valence-electron chi connectivity index (χ1n) is 10.7. The Bertz CT molecular complexity index is 1150. The van der Waals surface area contributed by atoms with Gasteiger partial charge in [-0.3, -0.25) is 14.4 Å². The molecule has 1 unspecified atom stereocenters. The molecule has 0 fully saturated rings. The molecule has 0 aliphatic carbocycles. The number of amides is 3. The predicted molar refractivity (Wildman–Crippen MR) is 130 cm³/mol. The molecule has 3 amide bonds. The van der Waals surface area contributed by atoms with Gasteiger partial charge in [-0.15, -0.1) is 0 Å². The molecule has 0 bridgehead atoms. The Morgan fingerprint density at radius 3 is 2.32 bits per heavy atom. The highest BCUT2D eigenvalue weighted by Gasteiger charge is 2.32. The van der Waals surface area contributed by atoms with Crippen molar-refractivity contribution >= 4 is 34.9 Å². The van der Waals surface area contributed by atoms with E-state index >= 15 is 0 Å². The van der Waals surface area contributed by atoms with E-state index in [0.717, 1.165) is 22.7 Å². The summed E-state index contributed by atoms with van der Waals surface area (Å²) in [6.07, 6.45) is 0.365. The molecule has 34 heavy (non-hydrogen) atoms. The first-order chi connectivity index (χ1) is 16.3. The molecular weight excluding hydrogens is 454 g/mol. The number of nitrogens with two attached hydrogens (primary N) is 2. The first kappa shape index (κ1) is 24.7. The topological polar surface area (TPSA) is 141 Å². The highest BCUT2D eigenvalue weighted by molar-refractivity contribution is 7.09. The molecule has 0 aliphatic rings. The van der Waals surface area contributed by atoms with Crippen LogP contribution >= 0.6 is 11.5 Å². The fraction of sp³-hybridized carbons (Fsp3) is 0.250. The van der Waals surface area contributed by atoms with Crippen molar-refractivity contribution in [2.24, 2.45) is 5.73 Å². The van der Waals surface area contributed by atoms with E-state index in [1.165, 1.54) is 4.90 Å². The third-order valence-electron chi connectivity index (χ3n) is 5.30. The highest BCUT2D eigenvalue weighted by Crippen LogP contribution is 2.26. The summed E-state index contributed by atoms with van der Waals surface area (Å²) in [5, 5.41) is 2.91. The minimum absolute atomic E-state index is 0.0663. The molecule has 2 aromatic carbocycles. The Labute approximate surface area is 201 Å². The van der Waals surface area contributed by atoms with Crippen LogP contribution in [-0.4, -0.2) is 40.1 Å². The number of anilines is 1. The summed E-state index contributed by atoms with van der Waals surface area (Å²) in [6.45, 7) is 2.30. The maximum atomic E-state index is 13.6. The van der Waals surface area contributed by atoms with Gasteiger partial charge in [-0.05, 0) is 41.2 Å². The van der Waals surface area contributed by atoms with Gasteiger partial charge in [-0.2, -0.15) is 4.37 Å². The summed E-state index contributed by atoms with van der Waals surface area (Å²) in [7, 11) is 1.57. The monoisotopic (exact) mass is 481 g/mol. The second-order valence-corrected chi connectivity index (χ2v) is 8.32. The zero-order valence-electron chi connectivity index (χ0n) is 19.0. The van der Waals surface area contributed by atoms with E-state index in [9.17, 15) is 14.4 Å². The van der Waals surface area contributed by atoms with Crippen molar-refractivity contribution in [3.8, 4) is 5.75 Å².